The lowest BCUT2D eigenvalue weighted by atomic mass is 10.0. The first kappa shape index (κ1) is 12.8. The maximum absolute atomic E-state index is 12.0. The van der Waals surface area contributed by atoms with Gasteiger partial charge in [-0.2, -0.15) is 0 Å². The van der Waals surface area contributed by atoms with Gasteiger partial charge in [-0.1, -0.05) is 12.1 Å². The van der Waals surface area contributed by atoms with Crippen LogP contribution in [0.25, 0.3) is 0 Å². The second-order valence-corrected chi connectivity index (χ2v) is 4.73. The van der Waals surface area contributed by atoms with E-state index in [0.29, 0.717) is 17.7 Å². The monoisotopic (exact) mass is 247 g/mol. The van der Waals surface area contributed by atoms with Gasteiger partial charge >= 0.3 is 0 Å². The van der Waals surface area contributed by atoms with Crippen LogP contribution in [0.3, 0.4) is 0 Å². The average molecular weight is 247 g/mol. The summed E-state index contributed by atoms with van der Waals surface area (Å²) in [5.41, 5.74) is 1.17. The molecule has 1 aromatic carbocycles. The Balaban J connectivity index is 2.07. The van der Waals surface area contributed by atoms with Crippen LogP contribution in [-0.4, -0.2) is 22.9 Å². The summed E-state index contributed by atoms with van der Waals surface area (Å²) in [4.78, 5) is 23.2. The molecule has 2 unspecified atom stereocenters. The molecule has 4 heteroatoms. The molecule has 0 saturated heterocycles. The van der Waals surface area contributed by atoms with Gasteiger partial charge in [0.25, 0.3) is 0 Å². The van der Waals surface area contributed by atoms with Crippen molar-refractivity contribution < 1.29 is 14.7 Å². The van der Waals surface area contributed by atoms with E-state index in [0.717, 1.165) is 12.8 Å². The van der Waals surface area contributed by atoms with Crippen LogP contribution in [0, 0.1) is 5.92 Å². The number of benzene rings is 1. The Morgan fingerprint density at radius 3 is 2.72 bits per heavy atom. The van der Waals surface area contributed by atoms with Gasteiger partial charge in [-0.25, -0.2) is 0 Å². The topological polar surface area (TPSA) is 66.4 Å². The molecule has 96 valence electrons. The van der Waals surface area contributed by atoms with Crippen LogP contribution < -0.4 is 5.32 Å². The first-order chi connectivity index (χ1) is 8.58. The normalized spacial score (nSPS) is 22.8. The molecular formula is C14H17NO3. The summed E-state index contributed by atoms with van der Waals surface area (Å²) < 4.78 is 0. The lowest BCUT2D eigenvalue weighted by Crippen LogP contribution is -2.28. The van der Waals surface area contributed by atoms with E-state index in [-0.39, 0.29) is 17.6 Å². The number of nitrogens with one attached hydrogen (secondary N) is 1. The zero-order valence-electron chi connectivity index (χ0n) is 10.3. The Kier molecular flexibility index (Phi) is 3.77. The molecule has 0 radical (unpaired) electrons. The molecule has 1 fully saturated rings. The molecule has 1 saturated carbocycles. The largest absolute Gasteiger partial charge is 0.392 e. The maximum Gasteiger partial charge on any atom is 0.230 e. The number of hydrogen-bond acceptors (Lipinski definition) is 3. The van der Waals surface area contributed by atoms with Crippen molar-refractivity contribution in [1.82, 2.24) is 0 Å². The minimum atomic E-state index is -0.541. The van der Waals surface area contributed by atoms with E-state index in [1.807, 2.05) is 0 Å². The lowest BCUT2D eigenvalue weighted by molar-refractivity contribution is -0.122. The predicted octanol–water partition coefficient (Wildman–Crippen LogP) is 1.99. The molecule has 0 bridgehead atoms. The van der Waals surface area contributed by atoms with Crippen LogP contribution in [0.1, 0.15) is 36.5 Å². The van der Waals surface area contributed by atoms with Crippen molar-refractivity contribution in [3.8, 4) is 0 Å². The van der Waals surface area contributed by atoms with Gasteiger partial charge in [0.15, 0.2) is 5.78 Å². The highest BCUT2D eigenvalue weighted by atomic mass is 16.3. The molecular weight excluding hydrogens is 230 g/mol. The van der Waals surface area contributed by atoms with Gasteiger partial charge in [-0.15, -0.1) is 0 Å². The van der Waals surface area contributed by atoms with Crippen LogP contribution in [0.4, 0.5) is 5.69 Å². The van der Waals surface area contributed by atoms with E-state index in [2.05, 4.69) is 5.32 Å². The fourth-order valence-corrected chi connectivity index (χ4v) is 2.30. The van der Waals surface area contributed by atoms with Gasteiger partial charge in [0, 0.05) is 11.3 Å². The molecule has 18 heavy (non-hydrogen) atoms. The van der Waals surface area contributed by atoms with Crippen LogP contribution in [0.15, 0.2) is 24.3 Å². The number of Topliss-reactive ketones (excluding diaryl/α,β-unsaturated/α-hetero) is 1. The highest BCUT2D eigenvalue weighted by molar-refractivity contribution is 5.97. The van der Waals surface area contributed by atoms with E-state index in [9.17, 15) is 14.7 Å². The van der Waals surface area contributed by atoms with Crippen molar-refractivity contribution in [3.05, 3.63) is 29.8 Å². The number of carbonyl (C=O) groups excluding carboxylic acids is 2. The number of aliphatic hydroxyl groups is 1. The first-order valence-electron chi connectivity index (χ1n) is 6.18. The summed E-state index contributed by atoms with van der Waals surface area (Å²) in [7, 11) is 0. The number of hydrogen-bond donors (Lipinski definition) is 2. The smallest absolute Gasteiger partial charge is 0.230 e. The van der Waals surface area contributed by atoms with E-state index in [4.69, 9.17) is 0 Å². The SMILES string of the molecule is CC(=O)c1cccc(NC(=O)C2CCCC2O)c1. The van der Waals surface area contributed by atoms with Crippen molar-refractivity contribution in [2.24, 2.45) is 5.92 Å². The summed E-state index contributed by atoms with van der Waals surface area (Å²) in [5.74, 6) is -0.529. The quantitative estimate of drug-likeness (QED) is 0.803. The molecule has 1 aromatic rings. The number of aliphatic hydroxyl groups excluding tert-OH is 1. The van der Waals surface area contributed by atoms with Crippen LogP contribution >= 0.6 is 0 Å². The fraction of sp³-hybridized carbons (Fsp3) is 0.429. The Hall–Kier alpha value is -1.68. The molecule has 0 aromatic heterocycles. The van der Waals surface area contributed by atoms with Crippen LogP contribution in [-0.2, 0) is 4.79 Å². The fourth-order valence-electron chi connectivity index (χ4n) is 2.30. The molecule has 4 nitrogen and oxygen atoms in total. The molecule has 0 aliphatic heterocycles. The van der Waals surface area contributed by atoms with Crippen LogP contribution in [0.5, 0.6) is 0 Å². The van der Waals surface area contributed by atoms with Gasteiger partial charge in [-0.3, -0.25) is 9.59 Å². The summed E-state index contributed by atoms with van der Waals surface area (Å²) >= 11 is 0. The van der Waals surface area contributed by atoms with Crippen LogP contribution in [0.2, 0.25) is 0 Å². The summed E-state index contributed by atoms with van der Waals surface area (Å²) in [6, 6.07) is 6.84. The predicted molar refractivity (Wildman–Crippen MR) is 68.4 cm³/mol. The third kappa shape index (κ3) is 2.76. The molecule has 2 N–H and O–H groups in total. The number of anilines is 1. The van der Waals surface area contributed by atoms with Gasteiger partial charge in [0.2, 0.25) is 5.91 Å². The highest BCUT2D eigenvalue weighted by Crippen LogP contribution is 2.26. The molecule has 0 spiro atoms. The Bertz CT molecular complexity index is 470. The molecule has 0 heterocycles. The average Bonchev–Trinajstić information content (AvgIpc) is 2.76. The lowest BCUT2D eigenvalue weighted by Gasteiger charge is -2.14. The van der Waals surface area contributed by atoms with Crippen molar-refractivity contribution in [1.29, 1.82) is 0 Å². The second-order valence-electron chi connectivity index (χ2n) is 4.73. The Morgan fingerprint density at radius 2 is 2.11 bits per heavy atom. The Morgan fingerprint density at radius 1 is 1.33 bits per heavy atom. The maximum atomic E-state index is 12.0. The molecule has 2 atom stereocenters. The molecule has 1 aliphatic carbocycles. The third-order valence-corrected chi connectivity index (χ3v) is 3.35. The van der Waals surface area contributed by atoms with Gasteiger partial charge in [-0.05, 0) is 38.3 Å². The van der Waals surface area contributed by atoms with Gasteiger partial charge < -0.3 is 10.4 Å². The highest BCUT2D eigenvalue weighted by Gasteiger charge is 2.31. The summed E-state index contributed by atoms with van der Waals surface area (Å²) in [5, 5.41) is 12.4. The zero-order chi connectivity index (χ0) is 13.1. The van der Waals surface area contributed by atoms with Crippen molar-refractivity contribution in [2.75, 3.05) is 5.32 Å². The summed E-state index contributed by atoms with van der Waals surface area (Å²) in [6.07, 6.45) is 1.75. The first-order valence-corrected chi connectivity index (χ1v) is 6.18. The third-order valence-electron chi connectivity index (χ3n) is 3.35. The second kappa shape index (κ2) is 5.31. The molecule has 2 rings (SSSR count). The summed E-state index contributed by atoms with van der Waals surface area (Å²) in [6.45, 7) is 1.49. The number of amides is 1. The van der Waals surface area contributed by atoms with Gasteiger partial charge in [0.05, 0.1) is 12.0 Å². The van der Waals surface area contributed by atoms with Crippen molar-refractivity contribution in [3.63, 3.8) is 0 Å². The number of rotatable bonds is 3. The van der Waals surface area contributed by atoms with Gasteiger partial charge in [0.1, 0.15) is 0 Å². The minimum absolute atomic E-state index is 0.0352. The van der Waals surface area contributed by atoms with Crippen molar-refractivity contribution >= 4 is 17.4 Å². The van der Waals surface area contributed by atoms with Crippen molar-refractivity contribution in [2.45, 2.75) is 32.3 Å². The Labute approximate surface area is 106 Å². The minimum Gasteiger partial charge on any atom is -0.392 e. The number of carbonyl (C=O) groups is 2. The van der Waals surface area contributed by atoms with E-state index < -0.39 is 6.10 Å². The van der Waals surface area contributed by atoms with E-state index in [1.165, 1.54) is 6.92 Å². The standard InChI is InChI=1S/C14H17NO3/c1-9(16)10-4-2-5-11(8-10)15-14(18)12-6-3-7-13(12)17/h2,4-5,8,12-13,17H,3,6-7H2,1H3,(H,15,18). The molecule has 1 aliphatic rings. The van der Waals surface area contributed by atoms with E-state index in [1.54, 1.807) is 24.3 Å². The zero-order valence-corrected chi connectivity index (χ0v) is 10.3. The van der Waals surface area contributed by atoms with E-state index >= 15 is 0 Å². The molecule has 1 amide bonds. The number of ketones is 1.